The van der Waals surface area contributed by atoms with Crippen molar-refractivity contribution < 1.29 is 0 Å². The number of aliphatic imine (C=N–C) groups is 1. The van der Waals surface area contributed by atoms with Gasteiger partial charge in [0.05, 0.1) is 0 Å². The van der Waals surface area contributed by atoms with E-state index in [1.165, 1.54) is 32.4 Å². The van der Waals surface area contributed by atoms with Crippen LogP contribution in [0.1, 0.15) is 53.9 Å². The Labute approximate surface area is 143 Å². The lowest BCUT2D eigenvalue weighted by molar-refractivity contribution is 0.178. The molecule has 2 N–H and O–H groups in total. The van der Waals surface area contributed by atoms with E-state index in [0.717, 1.165) is 25.6 Å². The highest BCUT2D eigenvalue weighted by Gasteiger charge is 2.20. The van der Waals surface area contributed by atoms with Gasteiger partial charge in [-0.1, -0.05) is 6.92 Å². The molecule has 0 spiro atoms. The molecule has 1 rings (SSSR count). The van der Waals surface area contributed by atoms with Crippen molar-refractivity contribution in [2.24, 2.45) is 4.99 Å². The van der Waals surface area contributed by atoms with Crippen LogP contribution in [0.25, 0.3) is 0 Å². The van der Waals surface area contributed by atoms with Gasteiger partial charge in [-0.2, -0.15) is 0 Å². The second kappa shape index (κ2) is 10.9. The van der Waals surface area contributed by atoms with Crippen molar-refractivity contribution >= 4 is 5.96 Å². The number of rotatable bonds is 9. The zero-order chi connectivity index (χ0) is 17.2. The molecule has 0 radical (unpaired) electrons. The van der Waals surface area contributed by atoms with Crippen LogP contribution in [0.5, 0.6) is 0 Å². The van der Waals surface area contributed by atoms with Crippen LogP contribution < -0.4 is 10.6 Å². The lowest BCUT2D eigenvalue weighted by atomic mass is 10.2. The third-order valence-electron chi connectivity index (χ3n) is 4.85. The molecule has 1 atom stereocenters. The van der Waals surface area contributed by atoms with Crippen LogP contribution in [0.15, 0.2) is 4.99 Å². The van der Waals surface area contributed by atoms with E-state index in [1.54, 1.807) is 0 Å². The first-order chi connectivity index (χ1) is 11.0. The van der Waals surface area contributed by atoms with Crippen LogP contribution in [-0.4, -0.2) is 73.7 Å². The molecule has 0 bridgehead atoms. The number of hydrogen-bond acceptors (Lipinski definition) is 3. The summed E-state index contributed by atoms with van der Waals surface area (Å²) in [6.07, 6.45) is 3.89. The molecule has 0 aromatic carbocycles. The van der Waals surface area contributed by atoms with Crippen LogP contribution in [0.4, 0.5) is 0 Å². The summed E-state index contributed by atoms with van der Waals surface area (Å²) in [5.74, 6) is 0.926. The first-order valence-electron chi connectivity index (χ1n) is 9.43. The highest BCUT2D eigenvalue weighted by Crippen LogP contribution is 2.13. The predicted molar refractivity (Wildman–Crippen MR) is 101 cm³/mol. The first-order valence-corrected chi connectivity index (χ1v) is 9.43. The molecule has 5 nitrogen and oxygen atoms in total. The summed E-state index contributed by atoms with van der Waals surface area (Å²) in [6.45, 7) is 16.8. The van der Waals surface area contributed by atoms with Crippen LogP contribution in [0, 0.1) is 0 Å². The van der Waals surface area contributed by atoms with E-state index < -0.39 is 0 Å². The number of hydrogen-bond donors (Lipinski definition) is 2. The van der Waals surface area contributed by atoms with Gasteiger partial charge in [0.2, 0.25) is 0 Å². The van der Waals surface area contributed by atoms with Gasteiger partial charge in [-0.25, -0.2) is 0 Å². The van der Waals surface area contributed by atoms with E-state index in [9.17, 15) is 0 Å². The number of nitrogens with zero attached hydrogens (tertiary/aromatic N) is 3. The maximum atomic E-state index is 4.36. The smallest absolute Gasteiger partial charge is 0.191 e. The van der Waals surface area contributed by atoms with Crippen LogP contribution in [0.3, 0.4) is 0 Å². The van der Waals surface area contributed by atoms with Crippen molar-refractivity contribution in [3.05, 3.63) is 0 Å². The number of likely N-dealkylation sites (tertiary alicyclic amines) is 1. The van der Waals surface area contributed by atoms with E-state index in [1.807, 2.05) is 7.05 Å². The van der Waals surface area contributed by atoms with Crippen molar-refractivity contribution in [2.45, 2.75) is 72.0 Å². The van der Waals surface area contributed by atoms with Crippen molar-refractivity contribution in [1.29, 1.82) is 0 Å². The monoisotopic (exact) mass is 325 g/mol. The molecule has 0 saturated carbocycles. The molecule has 1 fully saturated rings. The Kier molecular flexibility index (Phi) is 9.56. The molecule has 1 saturated heterocycles. The highest BCUT2D eigenvalue weighted by atomic mass is 15.2. The topological polar surface area (TPSA) is 42.9 Å². The Hall–Kier alpha value is -0.810. The van der Waals surface area contributed by atoms with Gasteiger partial charge in [-0.3, -0.25) is 14.8 Å². The second-order valence-corrected chi connectivity index (χ2v) is 7.11. The maximum Gasteiger partial charge on any atom is 0.191 e. The van der Waals surface area contributed by atoms with E-state index in [4.69, 9.17) is 0 Å². The zero-order valence-corrected chi connectivity index (χ0v) is 16.2. The summed E-state index contributed by atoms with van der Waals surface area (Å²) >= 11 is 0. The maximum absolute atomic E-state index is 4.36. The minimum atomic E-state index is 0.575. The van der Waals surface area contributed by atoms with Gasteiger partial charge in [0.15, 0.2) is 5.96 Å². The summed E-state index contributed by atoms with van der Waals surface area (Å²) < 4.78 is 0. The Morgan fingerprint density at radius 3 is 2.17 bits per heavy atom. The largest absolute Gasteiger partial charge is 0.355 e. The van der Waals surface area contributed by atoms with Crippen LogP contribution in [0.2, 0.25) is 0 Å². The molecule has 0 aromatic heterocycles. The molecule has 1 heterocycles. The quantitative estimate of drug-likeness (QED) is 0.503. The Morgan fingerprint density at radius 1 is 1.09 bits per heavy atom. The van der Waals surface area contributed by atoms with Gasteiger partial charge < -0.3 is 10.6 Å². The minimum absolute atomic E-state index is 0.575. The molecule has 5 heteroatoms. The second-order valence-electron chi connectivity index (χ2n) is 7.11. The minimum Gasteiger partial charge on any atom is -0.355 e. The van der Waals surface area contributed by atoms with E-state index >= 15 is 0 Å². The molecule has 1 unspecified atom stereocenters. The average Bonchev–Trinajstić information content (AvgIpc) is 3.03. The molecule has 0 aromatic rings. The first kappa shape index (κ1) is 20.2. The molecule has 0 amide bonds. The fourth-order valence-electron chi connectivity index (χ4n) is 3.49. The van der Waals surface area contributed by atoms with Crippen molar-refractivity contribution in [3.63, 3.8) is 0 Å². The molecule has 0 aliphatic carbocycles. The molecule has 1 aliphatic rings. The summed E-state index contributed by atoms with van der Waals surface area (Å²) in [6, 6.07) is 1.77. The summed E-state index contributed by atoms with van der Waals surface area (Å²) in [5.41, 5.74) is 0. The summed E-state index contributed by atoms with van der Waals surface area (Å²) in [4.78, 5) is 9.47. The highest BCUT2D eigenvalue weighted by molar-refractivity contribution is 5.79. The Balaban J connectivity index is 2.33. The lowest BCUT2D eigenvalue weighted by Crippen LogP contribution is -2.48. The third-order valence-corrected chi connectivity index (χ3v) is 4.85. The van der Waals surface area contributed by atoms with Crippen LogP contribution in [-0.2, 0) is 0 Å². The summed E-state index contributed by atoms with van der Waals surface area (Å²) in [7, 11) is 1.86. The molecule has 23 heavy (non-hydrogen) atoms. The SMILES string of the molecule is CCC(CNC(=NC)NCCN(C(C)C)C(C)C)N1CCCC1. The van der Waals surface area contributed by atoms with Crippen molar-refractivity contribution in [2.75, 3.05) is 39.8 Å². The molecule has 136 valence electrons. The Morgan fingerprint density at radius 2 is 1.70 bits per heavy atom. The fourth-order valence-corrected chi connectivity index (χ4v) is 3.49. The summed E-state index contributed by atoms with van der Waals surface area (Å²) in [5, 5.41) is 6.97. The fraction of sp³-hybridized carbons (Fsp3) is 0.944. The number of guanidine groups is 1. The van der Waals surface area contributed by atoms with E-state index in [0.29, 0.717) is 18.1 Å². The van der Waals surface area contributed by atoms with Gasteiger partial charge in [-0.15, -0.1) is 0 Å². The number of nitrogens with one attached hydrogen (secondary N) is 2. The third kappa shape index (κ3) is 7.08. The van der Waals surface area contributed by atoms with Gasteiger partial charge in [0, 0.05) is 44.8 Å². The van der Waals surface area contributed by atoms with Gasteiger partial charge in [0.1, 0.15) is 0 Å². The molecular weight excluding hydrogens is 286 g/mol. The standard InChI is InChI=1S/C18H39N5/c1-7-17(22-11-8-9-12-22)14-21-18(19-6)20-10-13-23(15(2)3)16(4)5/h15-17H,7-14H2,1-6H3,(H2,19,20,21). The average molecular weight is 326 g/mol. The normalized spacial score (nSPS) is 18.2. The lowest BCUT2D eigenvalue weighted by Gasteiger charge is -2.31. The van der Waals surface area contributed by atoms with Gasteiger partial charge in [-0.05, 0) is 60.0 Å². The van der Waals surface area contributed by atoms with Gasteiger partial charge >= 0.3 is 0 Å². The van der Waals surface area contributed by atoms with E-state index in [-0.39, 0.29) is 0 Å². The molecular formula is C18H39N5. The van der Waals surface area contributed by atoms with E-state index in [2.05, 4.69) is 60.0 Å². The molecule has 1 aliphatic heterocycles. The van der Waals surface area contributed by atoms with Gasteiger partial charge in [0.25, 0.3) is 0 Å². The van der Waals surface area contributed by atoms with Crippen LogP contribution >= 0.6 is 0 Å². The Bertz CT molecular complexity index is 326. The van der Waals surface area contributed by atoms with Crippen molar-refractivity contribution in [3.8, 4) is 0 Å². The predicted octanol–water partition coefficient (Wildman–Crippen LogP) is 2.14. The van der Waals surface area contributed by atoms with Crippen molar-refractivity contribution in [1.82, 2.24) is 20.4 Å². The zero-order valence-electron chi connectivity index (χ0n) is 16.2.